The number of esters is 1. The molecule has 1 rings (SSSR count). The summed E-state index contributed by atoms with van der Waals surface area (Å²) in [5.41, 5.74) is 1.43. The van der Waals surface area contributed by atoms with Crippen LogP contribution >= 0.6 is 0 Å². The van der Waals surface area contributed by atoms with Crippen LogP contribution in [0.15, 0.2) is 18.2 Å². The van der Waals surface area contributed by atoms with Crippen molar-refractivity contribution in [3.63, 3.8) is 0 Å². The highest BCUT2D eigenvalue weighted by Crippen LogP contribution is 2.19. The third-order valence-corrected chi connectivity index (χ3v) is 2.51. The van der Waals surface area contributed by atoms with E-state index in [2.05, 4.69) is 0 Å². The Bertz CT molecular complexity index is 432. The molecule has 106 valence electrons. The highest BCUT2D eigenvalue weighted by Gasteiger charge is 2.16. The van der Waals surface area contributed by atoms with Gasteiger partial charge in [-0.05, 0) is 50.5 Å². The van der Waals surface area contributed by atoms with E-state index in [1.54, 1.807) is 19.2 Å². The van der Waals surface area contributed by atoms with Gasteiger partial charge in [0.05, 0.1) is 6.61 Å². The second kappa shape index (κ2) is 6.57. The third kappa shape index (κ3) is 5.75. The predicted octanol–water partition coefficient (Wildman–Crippen LogP) is 2.81. The Labute approximate surface area is 114 Å². The van der Waals surface area contributed by atoms with Gasteiger partial charge >= 0.3 is 5.97 Å². The molecule has 0 fully saturated rings. The van der Waals surface area contributed by atoms with Gasteiger partial charge in [-0.15, -0.1) is 0 Å². The minimum Gasteiger partial charge on any atom is -0.508 e. The highest BCUT2D eigenvalue weighted by molar-refractivity contribution is 5.70. The van der Waals surface area contributed by atoms with Gasteiger partial charge < -0.3 is 14.6 Å². The maximum absolute atomic E-state index is 11.7. The summed E-state index contributed by atoms with van der Waals surface area (Å²) in [4.78, 5) is 11.7. The Hall–Kier alpha value is -1.55. The molecule has 0 amide bonds. The fourth-order valence-electron chi connectivity index (χ4n) is 1.78. The average molecular weight is 266 g/mol. The van der Waals surface area contributed by atoms with Crippen molar-refractivity contribution in [3.05, 3.63) is 29.3 Å². The number of benzene rings is 1. The fourth-order valence-corrected chi connectivity index (χ4v) is 1.78. The van der Waals surface area contributed by atoms with E-state index in [1.165, 1.54) is 0 Å². The molecule has 0 atom stereocenters. The number of ether oxygens (including phenoxy) is 2. The van der Waals surface area contributed by atoms with E-state index in [0.29, 0.717) is 19.4 Å². The molecule has 19 heavy (non-hydrogen) atoms. The molecule has 1 aromatic carbocycles. The summed E-state index contributed by atoms with van der Waals surface area (Å²) in [6.07, 6.45) is 0.895. The van der Waals surface area contributed by atoms with Crippen molar-refractivity contribution in [2.24, 2.45) is 0 Å². The molecule has 0 saturated carbocycles. The van der Waals surface area contributed by atoms with Crippen molar-refractivity contribution >= 4 is 5.97 Å². The molecule has 0 spiro atoms. The molecule has 1 N–H and O–H groups in total. The third-order valence-electron chi connectivity index (χ3n) is 2.51. The molecule has 0 aromatic heterocycles. The average Bonchev–Trinajstić information content (AvgIpc) is 2.26. The summed E-state index contributed by atoms with van der Waals surface area (Å²) in [7, 11) is 1.60. The first-order chi connectivity index (χ1) is 8.81. The minimum atomic E-state index is -0.457. The van der Waals surface area contributed by atoms with Crippen LogP contribution in [0.5, 0.6) is 5.75 Å². The number of hydrogen-bond acceptors (Lipinski definition) is 4. The van der Waals surface area contributed by atoms with Crippen LogP contribution in [0.1, 0.15) is 38.3 Å². The Morgan fingerprint density at radius 2 is 1.95 bits per heavy atom. The van der Waals surface area contributed by atoms with Crippen LogP contribution in [0.4, 0.5) is 0 Å². The van der Waals surface area contributed by atoms with Gasteiger partial charge in [0.25, 0.3) is 0 Å². The lowest BCUT2D eigenvalue weighted by Crippen LogP contribution is -2.24. The van der Waals surface area contributed by atoms with Crippen molar-refractivity contribution in [1.82, 2.24) is 0 Å². The summed E-state index contributed by atoms with van der Waals surface area (Å²) in [6.45, 7) is 5.96. The number of carbonyl (C=O) groups excluding carboxylic acids is 1. The maximum Gasteiger partial charge on any atom is 0.306 e. The Kier molecular flexibility index (Phi) is 5.36. The number of rotatable bonds is 5. The number of phenolic OH excluding ortho intramolecular Hbond substituents is 1. The lowest BCUT2D eigenvalue weighted by atomic mass is 10.0. The van der Waals surface area contributed by atoms with E-state index in [-0.39, 0.29) is 11.7 Å². The number of aromatic hydroxyl groups is 1. The first kappa shape index (κ1) is 15.5. The minimum absolute atomic E-state index is 0.202. The first-order valence-corrected chi connectivity index (χ1v) is 6.33. The van der Waals surface area contributed by atoms with Gasteiger partial charge in [-0.25, -0.2) is 0 Å². The van der Waals surface area contributed by atoms with Crippen molar-refractivity contribution < 1.29 is 19.4 Å². The van der Waals surface area contributed by atoms with E-state index >= 15 is 0 Å². The molecule has 0 saturated heterocycles. The topological polar surface area (TPSA) is 55.8 Å². The van der Waals surface area contributed by atoms with Gasteiger partial charge in [0.2, 0.25) is 0 Å². The Morgan fingerprint density at radius 3 is 2.53 bits per heavy atom. The van der Waals surface area contributed by atoms with Gasteiger partial charge in [-0.2, -0.15) is 0 Å². The lowest BCUT2D eigenvalue weighted by molar-refractivity contribution is -0.154. The molecular formula is C15H22O4. The van der Waals surface area contributed by atoms with Crippen LogP contribution in [0.2, 0.25) is 0 Å². The summed E-state index contributed by atoms with van der Waals surface area (Å²) >= 11 is 0. The Balaban J connectivity index is 2.64. The number of hydrogen-bond donors (Lipinski definition) is 1. The van der Waals surface area contributed by atoms with Crippen molar-refractivity contribution in [1.29, 1.82) is 0 Å². The summed E-state index contributed by atoms with van der Waals surface area (Å²) in [6, 6.07) is 5.09. The maximum atomic E-state index is 11.7. The monoisotopic (exact) mass is 266 g/mol. The van der Waals surface area contributed by atoms with Gasteiger partial charge in [0.1, 0.15) is 11.4 Å². The SMILES string of the molecule is COCc1cc(O)ccc1CCC(=O)OC(C)(C)C. The second-order valence-corrected chi connectivity index (χ2v) is 5.47. The predicted molar refractivity (Wildman–Crippen MR) is 73.0 cm³/mol. The van der Waals surface area contributed by atoms with Crippen molar-refractivity contribution in [2.45, 2.75) is 45.8 Å². The van der Waals surface area contributed by atoms with Crippen LogP contribution in [0.25, 0.3) is 0 Å². The van der Waals surface area contributed by atoms with Crippen LogP contribution in [0.3, 0.4) is 0 Å². The van der Waals surface area contributed by atoms with Gasteiger partial charge in [0.15, 0.2) is 0 Å². The van der Waals surface area contributed by atoms with Crippen LogP contribution in [-0.2, 0) is 27.3 Å². The van der Waals surface area contributed by atoms with Crippen LogP contribution in [0, 0.1) is 0 Å². The van der Waals surface area contributed by atoms with Gasteiger partial charge in [0, 0.05) is 13.5 Å². The molecule has 0 radical (unpaired) electrons. The largest absolute Gasteiger partial charge is 0.508 e. The smallest absolute Gasteiger partial charge is 0.306 e. The van der Waals surface area contributed by atoms with E-state index in [4.69, 9.17) is 9.47 Å². The van der Waals surface area contributed by atoms with E-state index in [1.807, 2.05) is 26.8 Å². The summed E-state index contributed by atoms with van der Waals surface area (Å²) in [5.74, 6) is -0.0167. The van der Waals surface area contributed by atoms with E-state index in [9.17, 15) is 9.90 Å². The molecule has 0 aliphatic rings. The molecular weight excluding hydrogens is 244 g/mol. The van der Waals surface area contributed by atoms with Crippen molar-refractivity contribution in [2.75, 3.05) is 7.11 Å². The quantitative estimate of drug-likeness (QED) is 0.833. The normalized spacial score (nSPS) is 11.4. The molecule has 0 aliphatic heterocycles. The zero-order valence-electron chi connectivity index (χ0n) is 12.0. The lowest BCUT2D eigenvalue weighted by Gasteiger charge is -2.19. The Morgan fingerprint density at radius 1 is 1.26 bits per heavy atom. The zero-order valence-corrected chi connectivity index (χ0v) is 12.0. The van der Waals surface area contributed by atoms with E-state index < -0.39 is 5.60 Å². The molecule has 1 aromatic rings. The number of carbonyl (C=O) groups is 1. The molecule has 0 aliphatic carbocycles. The molecule has 4 heteroatoms. The second-order valence-electron chi connectivity index (χ2n) is 5.47. The molecule has 0 bridgehead atoms. The van der Waals surface area contributed by atoms with Gasteiger partial charge in [-0.3, -0.25) is 4.79 Å². The standard InChI is InChI=1S/C15H22O4/c1-15(2,3)19-14(17)8-6-11-5-7-13(16)9-12(11)10-18-4/h5,7,9,16H,6,8,10H2,1-4H3. The molecule has 0 unspecified atom stereocenters. The number of aryl methyl sites for hydroxylation is 1. The van der Waals surface area contributed by atoms with Gasteiger partial charge in [-0.1, -0.05) is 6.07 Å². The van der Waals surface area contributed by atoms with Crippen LogP contribution < -0.4 is 0 Å². The fraction of sp³-hybridized carbons (Fsp3) is 0.533. The molecule has 0 heterocycles. The molecule has 4 nitrogen and oxygen atoms in total. The number of methoxy groups -OCH3 is 1. The summed E-state index contributed by atoms with van der Waals surface area (Å²) in [5, 5.41) is 9.45. The zero-order chi connectivity index (χ0) is 14.5. The highest BCUT2D eigenvalue weighted by atomic mass is 16.6. The van der Waals surface area contributed by atoms with Crippen LogP contribution in [-0.4, -0.2) is 23.8 Å². The first-order valence-electron chi connectivity index (χ1n) is 6.33. The number of phenols is 1. The summed E-state index contributed by atoms with van der Waals surface area (Å²) < 4.78 is 10.3. The van der Waals surface area contributed by atoms with E-state index in [0.717, 1.165) is 11.1 Å². The van der Waals surface area contributed by atoms with Crippen molar-refractivity contribution in [3.8, 4) is 5.75 Å².